The van der Waals surface area contributed by atoms with Crippen molar-refractivity contribution in [3.05, 3.63) is 24.3 Å². The number of allylic oxidation sites excluding steroid dienone is 3. The van der Waals surface area contributed by atoms with E-state index >= 15 is 0 Å². The summed E-state index contributed by atoms with van der Waals surface area (Å²) in [7, 11) is 1.50. The Morgan fingerprint density at radius 2 is 0.952 bits per heavy atom. The summed E-state index contributed by atoms with van der Waals surface area (Å²) in [6.45, 7) is 6.97. The minimum atomic E-state index is -4.43. The fraction of sp³-hybridized carbons (Fsp3) is 0.885. The standard InChI is InChI=1S/C52H101N2O7P/c1-7-10-13-16-19-22-25-27-30-32-35-38-41-44-51(55)53-49(48-60-62(57,58)59-47-46-54(4,5)6)50(43-40-37-34-31-29-26-23-20-17-14-11-8-2)61-52(56)45-42-39-36-33-28-24-21-18-15-12-9-3/h18,21,40,43,49-50H,7-17,19-20,22-39,41-42,44-48H2,1-6H3,(H-,53,55,57,58)/p+1/b21-18-,43-40+. The molecule has 0 fully saturated rings. The number of phosphoric ester groups is 1. The minimum absolute atomic E-state index is 0.0418. The minimum Gasteiger partial charge on any atom is -0.456 e. The van der Waals surface area contributed by atoms with Crippen molar-refractivity contribution in [3.8, 4) is 0 Å². The Balaban J connectivity index is 5.43. The third kappa shape index (κ3) is 43.7. The summed E-state index contributed by atoms with van der Waals surface area (Å²) in [5, 5.41) is 3.04. The molecule has 2 N–H and O–H groups in total. The molecule has 0 aromatic rings. The van der Waals surface area contributed by atoms with Gasteiger partial charge in [-0.3, -0.25) is 18.6 Å². The molecule has 0 heterocycles. The molecule has 3 unspecified atom stereocenters. The van der Waals surface area contributed by atoms with Crippen LogP contribution in [-0.4, -0.2) is 74.3 Å². The van der Waals surface area contributed by atoms with Gasteiger partial charge in [0.25, 0.3) is 0 Å². The Labute approximate surface area is 383 Å². The highest BCUT2D eigenvalue weighted by Gasteiger charge is 2.30. The maximum atomic E-state index is 13.4. The second kappa shape index (κ2) is 43.4. The molecule has 0 aromatic carbocycles. The molecule has 0 aliphatic carbocycles. The number of hydrogen-bond donors (Lipinski definition) is 2. The second-order valence-corrected chi connectivity index (χ2v) is 20.5. The Kier molecular flexibility index (Phi) is 42.3. The number of carbonyl (C=O) groups is 2. The number of phosphoric acid groups is 1. The number of likely N-dealkylation sites (N-methyl/N-ethyl adjacent to an activating group) is 1. The lowest BCUT2D eigenvalue weighted by molar-refractivity contribution is -0.870. The maximum Gasteiger partial charge on any atom is 0.472 e. The van der Waals surface area contributed by atoms with E-state index in [1.54, 1.807) is 0 Å². The molecule has 62 heavy (non-hydrogen) atoms. The summed E-state index contributed by atoms with van der Waals surface area (Å²) in [4.78, 5) is 37.3. The van der Waals surface area contributed by atoms with E-state index in [1.165, 1.54) is 128 Å². The zero-order valence-electron chi connectivity index (χ0n) is 41.6. The number of carbonyl (C=O) groups excluding carboxylic acids is 2. The van der Waals surface area contributed by atoms with E-state index < -0.39 is 20.0 Å². The number of nitrogens with zero attached hydrogens (tertiary/aromatic N) is 1. The Hall–Kier alpha value is -1.51. The van der Waals surface area contributed by atoms with Crippen LogP contribution in [0.15, 0.2) is 24.3 Å². The molecule has 10 heteroatoms. The van der Waals surface area contributed by atoms with Crippen LogP contribution in [0, 0.1) is 0 Å². The molecule has 3 atom stereocenters. The zero-order valence-corrected chi connectivity index (χ0v) is 42.5. The largest absolute Gasteiger partial charge is 0.472 e. The Morgan fingerprint density at radius 1 is 0.548 bits per heavy atom. The van der Waals surface area contributed by atoms with Crippen molar-refractivity contribution in [1.29, 1.82) is 0 Å². The van der Waals surface area contributed by atoms with E-state index in [2.05, 4.69) is 38.2 Å². The zero-order chi connectivity index (χ0) is 45.8. The van der Waals surface area contributed by atoms with Gasteiger partial charge in [-0.2, -0.15) is 0 Å². The monoisotopic (exact) mass is 898 g/mol. The van der Waals surface area contributed by atoms with Gasteiger partial charge in [-0.15, -0.1) is 0 Å². The highest BCUT2D eigenvalue weighted by Crippen LogP contribution is 2.43. The predicted octanol–water partition coefficient (Wildman–Crippen LogP) is 15.0. The van der Waals surface area contributed by atoms with Crippen LogP contribution in [0.5, 0.6) is 0 Å². The summed E-state index contributed by atoms with van der Waals surface area (Å²) in [5.74, 6) is -0.510. The van der Waals surface area contributed by atoms with E-state index in [9.17, 15) is 19.0 Å². The lowest BCUT2D eigenvalue weighted by atomic mass is 10.0. The van der Waals surface area contributed by atoms with Crippen LogP contribution in [-0.2, 0) is 27.9 Å². The van der Waals surface area contributed by atoms with Gasteiger partial charge in [0, 0.05) is 12.8 Å². The number of nitrogens with one attached hydrogen (secondary N) is 1. The molecule has 366 valence electrons. The summed E-state index contributed by atoms with van der Waals surface area (Å²) in [6, 6.07) is -0.842. The van der Waals surface area contributed by atoms with Gasteiger partial charge in [-0.1, -0.05) is 206 Å². The lowest BCUT2D eigenvalue weighted by Gasteiger charge is -2.27. The van der Waals surface area contributed by atoms with Crippen molar-refractivity contribution < 1.29 is 37.3 Å². The van der Waals surface area contributed by atoms with Crippen LogP contribution in [0.3, 0.4) is 0 Å². The van der Waals surface area contributed by atoms with E-state index in [-0.39, 0.29) is 31.5 Å². The highest BCUT2D eigenvalue weighted by molar-refractivity contribution is 7.47. The van der Waals surface area contributed by atoms with Crippen molar-refractivity contribution in [3.63, 3.8) is 0 Å². The van der Waals surface area contributed by atoms with Crippen LogP contribution in [0.1, 0.15) is 245 Å². The van der Waals surface area contributed by atoms with Crippen molar-refractivity contribution in [2.75, 3.05) is 40.9 Å². The normalized spacial score (nSPS) is 14.1. The fourth-order valence-electron chi connectivity index (χ4n) is 7.51. The number of unbranched alkanes of at least 4 members (excludes halogenated alkanes) is 29. The summed E-state index contributed by atoms with van der Waals surface area (Å²) < 4.78 is 30.5. The van der Waals surface area contributed by atoms with Crippen LogP contribution in [0.4, 0.5) is 0 Å². The fourth-order valence-corrected chi connectivity index (χ4v) is 8.24. The van der Waals surface area contributed by atoms with Gasteiger partial charge in [0.2, 0.25) is 5.91 Å². The first-order chi connectivity index (χ1) is 29.9. The lowest BCUT2D eigenvalue weighted by Crippen LogP contribution is -2.47. The van der Waals surface area contributed by atoms with Gasteiger partial charge in [0.05, 0.1) is 33.8 Å². The van der Waals surface area contributed by atoms with Gasteiger partial charge in [0.15, 0.2) is 0 Å². The average Bonchev–Trinajstić information content (AvgIpc) is 3.22. The van der Waals surface area contributed by atoms with Gasteiger partial charge >= 0.3 is 13.8 Å². The third-order valence-corrected chi connectivity index (χ3v) is 12.6. The first kappa shape index (κ1) is 60.5. The van der Waals surface area contributed by atoms with Gasteiger partial charge in [-0.05, 0) is 51.0 Å². The van der Waals surface area contributed by atoms with Crippen molar-refractivity contribution in [1.82, 2.24) is 5.32 Å². The van der Waals surface area contributed by atoms with E-state index in [0.29, 0.717) is 17.4 Å². The molecule has 0 rings (SSSR count). The molecular formula is C52H102N2O7P+. The molecule has 0 aliphatic rings. The Morgan fingerprint density at radius 3 is 1.42 bits per heavy atom. The Bertz CT molecular complexity index is 1120. The molecule has 1 amide bonds. The smallest absolute Gasteiger partial charge is 0.456 e. The predicted molar refractivity (Wildman–Crippen MR) is 263 cm³/mol. The quantitative estimate of drug-likeness (QED) is 0.0206. The van der Waals surface area contributed by atoms with Crippen LogP contribution in [0.25, 0.3) is 0 Å². The van der Waals surface area contributed by atoms with Crippen molar-refractivity contribution >= 4 is 19.7 Å². The number of esters is 1. The van der Waals surface area contributed by atoms with Crippen LogP contribution < -0.4 is 5.32 Å². The first-order valence-electron chi connectivity index (χ1n) is 26.2. The number of ether oxygens (including phenoxy) is 1. The van der Waals surface area contributed by atoms with Crippen molar-refractivity contribution in [2.24, 2.45) is 0 Å². The number of quaternary nitrogens is 1. The molecular weight excluding hydrogens is 796 g/mol. The number of rotatable bonds is 47. The molecule has 0 saturated carbocycles. The average molecular weight is 898 g/mol. The summed E-state index contributed by atoms with van der Waals surface area (Å²) in [5.41, 5.74) is 0. The van der Waals surface area contributed by atoms with Crippen LogP contribution in [0.2, 0.25) is 0 Å². The van der Waals surface area contributed by atoms with E-state index in [1.807, 2.05) is 33.3 Å². The van der Waals surface area contributed by atoms with Gasteiger partial charge in [0.1, 0.15) is 19.3 Å². The topological polar surface area (TPSA) is 111 Å². The number of hydrogen-bond acceptors (Lipinski definition) is 6. The maximum absolute atomic E-state index is 13.4. The third-order valence-electron chi connectivity index (χ3n) is 11.6. The molecule has 0 aromatic heterocycles. The summed E-state index contributed by atoms with van der Waals surface area (Å²) >= 11 is 0. The second-order valence-electron chi connectivity index (χ2n) is 19.1. The molecule has 0 bridgehead atoms. The van der Waals surface area contributed by atoms with Gasteiger partial charge < -0.3 is 19.4 Å². The first-order valence-corrected chi connectivity index (χ1v) is 27.7. The molecule has 0 aliphatic heterocycles. The highest BCUT2D eigenvalue weighted by atomic mass is 31.2. The van der Waals surface area contributed by atoms with E-state index in [4.69, 9.17) is 13.8 Å². The molecule has 0 saturated heterocycles. The molecule has 0 radical (unpaired) electrons. The van der Waals surface area contributed by atoms with Gasteiger partial charge in [-0.25, -0.2) is 4.57 Å². The molecule has 9 nitrogen and oxygen atoms in total. The van der Waals surface area contributed by atoms with Crippen LogP contribution >= 0.6 is 7.82 Å². The number of amides is 1. The summed E-state index contributed by atoms with van der Waals surface area (Å²) in [6.07, 6.45) is 47.3. The molecule has 0 spiro atoms. The van der Waals surface area contributed by atoms with Crippen molar-refractivity contribution in [2.45, 2.75) is 258 Å². The SMILES string of the molecule is CCCC/C=C\CCCCCCCC(=O)OC(/C=C/CCCCCCCCCCCC)C(COP(=O)(O)OCC[N+](C)(C)C)NC(=O)CCCCCCCCCCCCCCC. The van der Waals surface area contributed by atoms with E-state index in [0.717, 1.165) is 83.5 Å².